The van der Waals surface area contributed by atoms with Crippen molar-refractivity contribution in [2.45, 2.75) is 26.7 Å². The first kappa shape index (κ1) is 18.8. The molecule has 2 aromatic rings. The Bertz CT molecular complexity index is 841. The van der Waals surface area contributed by atoms with Crippen molar-refractivity contribution < 1.29 is 14.7 Å². The van der Waals surface area contributed by atoms with Gasteiger partial charge in [-0.25, -0.2) is 14.8 Å². The van der Waals surface area contributed by atoms with Crippen molar-refractivity contribution >= 4 is 17.8 Å². The fourth-order valence-corrected chi connectivity index (χ4v) is 3.23. The van der Waals surface area contributed by atoms with Gasteiger partial charge >= 0.3 is 5.97 Å². The molecular weight excluding hydrogens is 344 g/mol. The number of carboxylic acids is 1. The van der Waals surface area contributed by atoms with Gasteiger partial charge in [0.1, 0.15) is 0 Å². The van der Waals surface area contributed by atoms with Crippen molar-refractivity contribution in [2.75, 3.05) is 31.1 Å². The molecule has 7 nitrogen and oxygen atoms in total. The van der Waals surface area contributed by atoms with Crippen LogP contribution in [-0.4, -0.2) is 58.0 Å². The summed E-state index contributed by atoms with van der Waals surface area (Å²) in [5.74, 6) is -0.0358. The molecule has 1 N–H and O–H groups in total. The molecule has 0 radical (unpaired) electrons. The maximum atomic E-state index is 12.6. The highest BCUT2D eigenvalue weighted by molar-refractivity contribution is 5.96. The van der Waals surface area contributed by atoms with Crippen LogP contribution >= 0.6 is 0 Å². The minimum Gasteiger partial charge on any atom is -0.478 e. The second-order valence-corrected chi connectivity index (χ2v) is 7.05. The second-order valence-electron chi connectivity index (χ2n) is 7.05. The molecule has 142 valence electrons. The number of aryl methyl sites for hydroxylation is 1. The summed E-state index contributed by atoms with van der Waals surface area (Å²) in [6.07, 6.45) is 1.86. The summed E-state index contributed by atoms with van der Waals surface area (Å²) in [5.41, 5.74) is 2.82. The molecule has 0 spiro atoms. The number of hydrogen-bond donors (Lipinski definition) is 1. The molecule has 1 aliphatic heterocycles. The molecule has 1 aromatic carbocycles. The highest BCUT2D eigenvalue weighted by Crippen LogP contribution is 2.20. The van der Waals surface area contributed by atoms with Crippen LogP contribution in [0.2, 0.25) is 0 Å². The second kappa shape index (κ2) is 7.73. The maximum absolute atomic E-state index is 12.6. The first-order chi connectivity index (χ1) is 12.9. The molecule has 1 aromatic heterocycles. The van der Waals surface area contributed by atoms with Crippen molar-refractivity contribution in [2.24, 2.45) is 0 Å². The molecule has 0 atom stereocenters. The van der Waals surface area contributed by atoms with E-state index in [9.17, 15) is 9.59 Å². The molecule has 1 fully saturated rings. The van der Waals surface area contributed by atoms with E-state index in [1.165, 1.54) is 12.1 Å². The molecule has 3 rings (SSSR count). The average Bonchev–Trinajstić information content (AvgIpc) is 2.68. The van der Waals surface area contributed by atoms with E-state index in [2.05, 4.69) is 23.7 Å². The van der Waals surface area contributed by atoms with E-state index in [-0.39, 0.29) is 11.5 Å². The number of nitrogens with zero attached hydrogens (tertiary/aromatic N) is 4. The maximum Gasteiger partial charge on any atom is 0.335 e. The zero-order valence-electron chi connectivity index (χ0n) is 15.8. The van der Waals surface area contributed by atoms with E-state index in [0.717, 1.165) is 11.3 Å². The normalized spacial score (nSPS) is 14.5. The molecule has 27 heavy (non-hydrogen) atoms. The first-order valence-electron chi connectivity index (χ1n) is 9.08. The number of rotatable bonds is 4. The summed E-state index contributed by atoms with van der Waals surface area (Å²) in [7, 11) is 0. The fraction of sp³-hybridized carbons (Fsp3) is 0.400. The van der Waals surface area contributed by atoms with E-state index < -0.39 is 5.97 Å². The summed E-state index contributed by atoms with van der Waals surface area (Å²) >= 11 is 0. The van der Waals surface area contributed by atoms with Gasteiger partial charge < -0.3 is 14.9 Å². The Kier molecular flexibility index (Phi) is 5.39. The number of carboxylic acid groups (broad SMARTS) is 1. The van der Waals surface area contributed by atoms with Crippen LogP contribution in [0.3, 0.4) is 0 Å². The number of carbonyl (C=O) groups excluding carboxylic acids is 1. The number of benzene rings is 1. The molecule has 2 heterocycles. The fourth-order valence-electron chi connectivity index (χ4n) is 3.23. The highest BCUT2D eigenvalue weighted by atomic mass is 16.4. The summed E-state index contributed by atoms with van der Waals surface area (Å²) in [6, 6.07) is 6.05. The molecule has 0 unspecified atom stereocenters. The monoisotopic (exact) mass is 368 g/mol. The van der Waals surface area contributed by atoms with Crippen LogP contribution in [0.15, 0.2) is 30.5 Å². The summed E-state index contributed by atoms with van der Waals surface area (Å²) in [6.45, 7) is 8.74. The van der Waals surface area contributed by atoms with Crippen molar-refractivity contribution in [1.29, 1.82) is 0 Å². The molecule has 0 bridgehead atoms. The smallest absolute Gasteiger partial charge is 0.335 e. The SMILES string of the molecule is Cc1cnc(N2CCN(C(=O)c3ccc(C(=O)O)cc3)CC2)nc1C(C)C. The Hall–Kier alpha value is -2.96. The Morgan fingerprint density at radius 3 is 2.19 bits per heavy atom. The van der Waals surface area contributed by atoms with E-state index >= 15 is 0 Å². The average molecular weight is 368 g/mol. The largest absolute Gasteiger partial charge is 0.478 e. The van der Waals surface area contributed by atoms with Crippen LogP contribution in [0.5, 0.6) is 0 Å². The van der Waals surface area contributed by atoms with Gasteiger partial charge in [0.25, 0.3) is 5.91 Å². The Morgan fingerprint density at radius 1 is 1.04 bits per heavy atom. The van der Waals surface area contributed by atoms with Gasteiger partial charge in [-0.1, -0.05) is 13.8 Å². The number of carbonyl (C=O) groups is 2. The standard InChI is InChI=1S/C20H24N4O3/c1-13(2)17-14(3)12-21-20(22-17)24-10-8-23(9-11-24)18(25)15-4-6-16(7-5-15)19(26)27/h4-7,12-13H,8-11H2,1-3H3,(H,26,27). The van der Waals surface area contributed by atoms with Crippen LogP contribution in [0.25, 0.3) is 0 Å². The van der Waals surface area contributed by atoms with E-state index in [1.54, 1.807) is 17.0 Å². The number of anilines is 1. The summed E-state index contributed by atoms with van der Waals surface area (Å²) in [4.78, 5) is 36.6. The molecule has 7 heteroatoms. The van der Waals surface area contributed by atoms with Gasteiger partial charge in [-0.05, 0) is 42.7 Å². The Labute approximate surface area is 158 Å². The van der Waals surface area contributed by atoms with Crippen molar-refractivity contribution in [3.63, 3.8) is 0 Å². The third-order valence-electron chi connectivity index (χ3n) is 4.77. The zero-order valence-corrected chi connectivity index (χ0v) is 15.8. The summed E-state index contributed by atoms with van der Waals surface area (Å²) < 4.78 is 0. The lowest BCUT2D eigenvalue weighted by Gasteiger charge is -2.35. The molecule has 1 amide bonds. The number of aromatic carboxylic acids is 1. The predicted molar refractivity (Wildman–Crippen MR) is 102 cm³/mol. The topological polar surface area (TPSA) is 86.6 Å². The number of amides is 1. The van der Waals surface area contributed by atoms with Gasteiger partial charge in [-0.2, -0.15) is 0 Å². The zero-order chi connectivity index (χ0) is 19.6. The van der Waals surface area contributed by atoms with Crippen LogP contribution in [0, 0.1) is 6.92 Å². The third-order valence-corrected chi connectivity index (χ3v) is 4.77. The molecular formula is C20H24N4O3. The van der Waals surface area contributed by atoms with Gasteiger partial charge in [0.15, 0.2) is 0 Å². The number of aromatic nitrogens is 2. The van der Waals surface area contributed by atoms with Crippen molar-refractivity contribution in [1.82, 2.24) is 14.9 Å². The van der Waals surface area contributed by atoms with Gasteiger partial charge in [0.2, 0.25) is 5.95 Å². The number of hydrogen-bond acceptors (Lipinski definition) is 5. The third kappa shape index (κ3) is 4.07. The minimum atomic E-state index is -0.999. The van der Waals surface area contributed by atoms with E-state index in [4.69, 9.17) is 10.1 Å². The molecule has 1 saturated heterocycles. The molecule has 1 aliphatic rings. The Morgan fingerprint density at radius 2 is 1.63 bits per heavy atom. The van der Waals surface area contributed by atoms with Crippen molar-refractivity contribution in [3.8, 4) is 0 Å². The van der Waals surface area contributed by atoms with E-state index in [1.807, 2.05) is 13.1 Å². The van der Waals surface area contributed by atoms with E-state index in [0.29, 0.717) is 43.6 Å². The van der Waals surface area contributed by atoms with Gasteiger partial charge in [-0.15, -0.1) is 0 Å². The molecule has 0 aliphatic carbocycles. The van der Waals surface area contributed by atoms with Crippen LogP contribution in [0.4, 0.5) is 5.95 Å². The van der Waals surface area contributed by atoms with Gasteiger partial charge in [-0.3, -0.25) is 4.79 Å². The first-order valence-corrected chi connectivity index (χ1v) is 9.08. The summed E-state index contributed by atoms with van der Waals surface area (Å²) in [5, 5.41) is 8.96. The lowest BCUT2D eigenvalue weighted by molar-refractivity contribution is 0.0693. The Balaban J connectivity index is 1.65. The van der Waals surface area contributed by atoms with Crippen molar-refractivity contribution in [3.05, 3.63) is 52.8 Å². The van der Waals surface area contributed by atoms with Crippen LogP contribution in [-0.2, 0) is 0 Å². The highest BCUT2D eigenvalue weighted by Gasteiger charge is 2.24. The van der Waals surface area contributed by atoms with Gasteiger partial charge in [0, 0.05) is 37.9 Å². The van der Waals surface area contributed by atoms with Gasteiger partial charge in [0.05, 0.1) is 11.3 Å². The van der Waals surface area contributed by atoms with Crippen LogP contribution in [0.1, 0.15) is 51.7 Å². The quantitative estimate of drug-likeness (QED) is 0.893. The predicted octanol–water partition coefficient (Wildman–Crippen LogP) is 2.57. The lowest BCUT2D eigenvalue weighted by Crippen LogP contribution is -2.49. The molecule has 0 saturated carbocycles. The van der Waals surface area contributed by atoms with Crippen LogP contribution < -0.4 is 4.90 Å². The minimum absolute atomic E-state index is 0.0840. The number of piperazine rings is 1. The lowest BCUT2D eigenvalue weighted by atomic mass is 10.1.